The number of carbonyl (C=O) groups is 2. The van der Waals surface area contributed by atoms with Gasteiger partial charge in [-0.15, -0.1) is 10.2 Å². The standard InChI is InChI=1S/C29H28ClN5O3/c1-21(22-8-3-2-4-9-22)35(29(37)26-12-7-19-38-26)20-28(36)34-17-15-33(16-18-34)27-14-13-25(31-32-27)23-10-5-6-11-24(23)30/h2-14,19,21H,15-18,20H2,1H3/t21-/m1/s1. The fourth-order valence-corrected chi connectivity index (χ4v) is 4.81. The van der Waals surface area contributed by atoms with Crippen LogP contribution in [-0.4, -0.2) is 64.5 Å². The number of halogens is 1. The van der Waals surface area contributed by atoms with Crippen LogP contribution in [-0.2, 0) is 4.79 Å². The lowest BCUT2D eigenvalue weighted by atomic mass is 10.1. The van der Waals surface area contributed by atoms with E-state index in [0.717, 1.165) is 16.9 Å². The van der Waals surface area contributed by atoms with E-state index in [1.54, 1.807) is 21.9 Å². The Balaban J connectivity index is 1.23. The smallest absolute Gasteiger partial charge is 0.290 e. The molecule has 1 atom stereocenters. The van der Waals surface area contributed by atoms with Crippen molar-refractivity contribution in [1.29, 1.82) is 0 Å². The minimum absolute atomic E-state index is 0.0398. The van der Waals surface area contributed by atoms with Crippen LogP contribution in [0.15, 0.2) is 89.5 Å². The van der Waals surface area contributed by atoms with Crippen LogP contribution in [0, 0.1) is 0 Å². The highest BCUT2D eigenvalue weighted by atomic mass is 35.5. The lowest BCUT2D eigenvalue weighted by Crippen LogP contribution is -2.52. The van der Waals surface area contributed by atoms with E-state index in [2.05, 4.69) is 15.1 Å². The highest BCUT2D eigenvalue weighted by molar-refractivity contribution is 6.33. The summed E-state index contributed by atoms with van der Waals surface area (Å²) in [4.78, 5) is 32.1. The van der Waals surface area contributed by atoms with Crippen molar-refractivity contribution >= 4 is 29.2 Å². The molecule has 2 amide bonds. The van der Waals surface area contributed by atoms with Gasteiger partial charge in [0.25, 0.3) is 5.91 Å². The van der Waals surface area contributed by atoms with Gasteiger partial charge in [-0.3, -0.25) is 9.59 Å². The molecular weight excluding hydrogens is 502 g/mol. The van der Waals surface area contributed by atoms with E-state index in [4.69, 9.17) is 16.0 Å². The molecule has 0 spiro atoms. The Hall–Kier alpha value is -4.17. The number of aromatic nitrogens is 2. The van der Waals surface area contributed by atoms with Crippen molar-refractivity contribution < 1.29 is 14.0 Å². The topological polar surface area (TPSA) is 82.8 Å². The van der Waals surface area contributed by atoms with Gasteiger partial charge in [-0.1, -0.05) is 60.1 Å². The Morgan fingerprint density at radius 2 is 1.66 bits per heavy atom. The number of rotatable bonds is 7. The lowest BCUT2D eigenvalue weighted by Gasteiger charge is -2.37. The summed E-state index contributed by atoms with van der Waals surface area (Å²) in [5, 5.41) is 9.39. The summed E-state index contributed by atoms with van der Waals surface area (Å²) < 4.78 is 5.35. The maximum atomic E-state index is 13.3. The highest BCUT2D eigenvalue weighted by Crippen LogP contribution is 2.27. The SMILES string of the molecule is C[C@H](c1ccccc1)N(CC(=O)N1CCN(c2ccc(-c3ccccc3Cl)nn2)CC1)C(=O)c1ccco1. The number of amides is 2. The predicted molar refractivity (Wildman–Crippen MR) is 146 cm³/mol. The van der Waals surface area contributed by atoms with E-state index in [0.29, 0.717) is 36.9 Å². The largest absolute Gasteiger partial charge is 0.459 e. The van der Waals surface area contributed by atoms with Crippen molar-refractivity contribution in [1.82, 2.24) is 20.0 Å². The second kappa shape index (κ2) is 11.5. The Kier molecular flexibility index (Phi) is 7.70. The number of nitrogens with zero attached hydrogens (tertiary/aromatic N) is 5. The third-order valence-corrected chi connectivity index (χ3v) is 7.13. The third kappa shape index (κ3) is 5.55. The zero-order chi connectivity index (χ0) is 26.5. The maximum Gasteiger partial charge on any atom is 0.290 e. The number of hydrogen-bond acceptors (Lipinski definition) is 6. The van der Waals surface area contributed by atoms with Crippen molar-refractivity contribution in [2.24, 2.45) is 0 Å². The molecular formula is C29H28ClN5O3. The molecule has 1 saturated heterocycles. The molecule has 5 rings (SSSR count). The van der Waals surface area contributed by atoms with Gasteiger partial charge in [-0.2, -0.15) is 0 Å². The van der Waals surface area contributed by atoms with Crippen LogP contribution >= 0.6 is 11.6 Å². The quantitative estimate of drug-likeness (QED) is 0.337. The van der Waals surface area contributed by atoms with Gasteiger partial charge in [-0.25, -0.2) is 0 Å². The van der Waals surface area contributed by atoms with E-state index in [1.807, 2.05) is 73.7 Å². The molecule has 194 valence electrons. The second-order valence-electron chi connectivity index (χ2n) is 9.12. The zero-order valence-corrected chi connectivity index (χ0v) is 21.8. The van der Waals surface area contributed by atoms with Gasteiger partial charge in [0.05, 0.1) is 23.0 Å². The number of anilines is 1. The van der Waals surface area contributed by atoms with Crippen molar-refractivity contribution in [3.05, 3.63) is 101 Å². The van der Waals surface area contributed by atoms with Crippen molar-refractivity contribution in [3.63, 3.8) is 0 Å². The molecule has 0 saturated carbocycles. The summed E-state index contributed by atoms with van der Waals surface area (Å²) in [5.74, 6) is 0.546. The summed E-state index contributed by atoms with van der Waals surface area (Å²) in [6.07, 6.45) is 1.46. The van der Waals surface area contributed by atoms with Gasteiger partial charge in [0.1, 0.15) is 6.54 Å². The molecule has 0 bridgehead atoms. The fraction of sp³-hybridized carbons (Fsp3) is 0.241. The van der Waals surface area contributed by atoms with E-state index in [1.165, 1.54) is 6.26 Å². The summed E-state index contributed by atoms with van der Waals surface area (Å²) >= 11 is 6.29. The van der Waals surface area contributed by atoms with E-state index in [-0.39, 0.29) is 30.2 Å². The molecule has 0 aliphatic carbocycles. The van der Waals surface area contributed by atoms with Crippen LogP contribution in [0.2, 0.25) is 5.02 Å². The van der Waals surface area contributed by atoms with Gasteiger partial charge in [0.15, 0.2) is 11.6 Å². The first kappa shape index (κ1) is 25.5. The first-order chi connectivity index (χ1) is 18.5. The fourth-order valence-electron chi connectivity index (χ4n) is 4.58. The van der Waals surface area contributed by atoms with Crippen LogP contribution < -0.4 is 4.90 Å². The Labute approximate surface area is 226 Å². The average Bonchev–Trinajstić information content (AvgIpc) is 3.51. The molecule has 1 aliphatic rings. The summed E-state index contributed by atoms with van der Waals surface area (Å²) in [6.45, 7) is 4.16. The van der Waals surface area contributed by atoms with E-state index < -0.39 is 0 Å². The Morgan fingerprint density at radius 3 is 2.32 bits per heavy atom. The maximum absolute atomic E-state index is 13.3. The van der Waals surface area contributed by atoms with Crippen molar-refractivity contribution in [3.8, 4) is 11.3 Å². The molecule has 8 nitrogen and oxygen atoms in total. The van der Waals surface area contributed by atoms with Gasteiger partial charge in [0.2, 0.25) is 5.91 Å². The Bertz CT molecular complexity index is 1370. The highest BCUT2D eigenvalue weighted by Gasteiger charge is 2.30. The molecule has 3 heterocycles. The molecule has 38 heavy (non-hydrogen) atoms. The zero-order valence-electron chi connectivity index (χ0n) is 21.0. The molecule has 0 N–H and O–H groups in total. The van der Waals surface area contributed by atoms with Gasteiger partial charge in [-0.05, 0) is 42.8 Å². The first-order valence-corrected chi connectivity index (χ1v) is 12.9. The van der Waals surface area contributed by atoms with Crippen LogP contribution in [0.1, 0.15) is 29.1 Å². The van der Waals surface area contributed by atoms with Crippen LogP contribution in [0.3, 0.4) is 0 Å². The van der Waals surface area contributed by atoms with Crippen molar-refractivity contribution in [2.45, 2.75) is 13.0 Å². The van der Waals surface area contributed by atoms with E-state index in [9.17, 15) is 9.59 Å². The minimum atomic E-state index is -0.313. The summed E-state index contributed by atoms with van der Waals surface area (Å²) in [7, 11) is 0. The number of hydrogen-bond donors (Lipinski definition) is 0. The third-order valence-electron chi connectivity index (χ3n) is 6.80. The molecule has 4 aromatic rings. The number of carbonyl (C=O) groups excluding carboxylic acids is 2. The molecule has 9 heteroatoms. The summed E-state index contributed by atoms with van der Waals surface area (Å²) in [6, 6.07) is 24.0. The monoisotopic (exact) mass is 529 g/mol. The van der Waals surface area contributed by atoms with Crippen LogP contribution in [0.5, 0.6) is 0 Å². The molecule has 1 aliphatic heterocycles. The van der Waals surface area contributed by atoms with Crippen LogP contribution in [0.25, 0.3) is 11.3 Å². The summed E-state index contributed by atoms with van der Waals surface area (Å²) in [5.41, 5.74) is 2.49. The van der Waals surface area contributed by atoms with Gasteiger partial charge in [0, 0.05) is 31.7 Å². The molecule has 0 unspecified atom stereocenters. The molecule has 1 fully saturated rings. The van der Waals surface area contributed by atoms with Gasteiger partial charge < -0.3 is 19.1 Å². The molecule has 2 aromatic carbocycles. The van der Waals surface area contributed by atoms with E-state index >= 15 is 0 Å². The second-order valence-corrected chi connectivity index (χ2v) is 9.53. The predicted octanol–water partition coefficient (Wildman–Crippen LogP) is 4.94. The normalized spacial score (nSPS) is 14.3. The van der Waals surface area contributed by atoms with Crippen LogP contribution in [0.4, 0.5) is 5.82 Å². The first-order valence-electron chi connectivity index (χ1n) is 12.5. The average molecular weight is 530 g/mol. The van der Waals surface area contributed by atoms with Gasteiger partial charge >= 0.3 is 0 Å². The molecule has 0 radical (unpaired) electrons. The molecule has 2 aromatic heterocycles. The van der Waals surface area contributed by atoms with Crippen molar-refractivity contribution in [2.75, 3.05) is 37.6 Å². The minimum Gasteiger partial charge on any atom is -0.459 e. The lowest BCUT2D eigenvalue weighted by molar-refractivity contribution is -0.132. The Morgan fingerprint density at radius 1 is 0.921 bits per heavy atom. The number of benzene rings is 2. The number of furan rings is 1. The number of piperazine rings is 1.